The number of ether oxygens (including phenoxy) is 1. The maximum atomic E-state index is 14.0. The number of thiophene rings is 1. The Morgan fingerprint density at radius 1 is 1.28 bits per heavy atom. The van der Waals surface area contributed by atoms with Crippen molar-refractivity contribution in [2.75, 3.05) is 13.2 Å². The average molecular weight is 384 g/mol. The van der Waals surface area contributed by atoms with E-state index in [1.54, 1.807) is 18.3 Å². The van der Waals surface area contributed by atoms with Gasteiger partial charge in [0.05, 0.1) is 11.5 Å². The first kappa shape index (κ1) is 18.4. The van der Waals surface area contributed by atoms with Crippen molar-refractivity contribution in [3.8, 4) is 5.75 Å². The van der Waals surface area contributed by atoms with E-state index in [1.807, 2.05) is 11.4 Å². The van der Waals surface area contributed by atoms with Crippen LogP contribution >= 0.6 is 11.3 Å². The second-order valence-corrected chi connectivity index (χ2v) is 9.03. The van der Waals surface area contributed by atoms with Crippen molar-refractivity contribution in [1.82, 2.24) is 4.72 Å². The highest BCUT2D eigenvalue weighted by Crippen LogP contribution is 2.42. The fourth-order valence-corrected chi connectivity index (χ4v) is 5.51. The van der Waals surface area contributed by atoms with Crippen LogP contribution in [0.1, 0.15) is 37.5 Å². The molecule has 0 radical (unpaired) electrons. The molecule has 1 aromatic carbocycles. The van der Waals surface area contributed by atoms with E-state index in [0.29, 0.717) is 13.2 Å². The Bertz CT molecular complexity index is 813. The number of rotatable bonds is 7. The Morgan fingerprint density at radius 2 is 2.04 bits per heavy atom. The Kier molecular flexibility index (Phi) is 5.46. The molecule has 1 heterocycles. The van der Waals surface area contributed by atoms with Gasteiger partial charge in [0.15, 0.2) is 11.6 Å². The molecule has 1 aliphatic rings. The van der Waals surface area contributed by atoms with Crippen molar-refractivity contribution in [2.24, 2.45) is 0 Å². The summed E-state index contributed by atoms with van der Waals surface area (Å²) in [5.41, 5.74) is -0.148. The fourth-order valence-electron chi connectivity index (χ4n) is 3.38. The summed E-state index contributed by atoms with van der Waals surface area (Å²) < 4.78 is 47.0. The number of benzene rings is 1. The number of hydrogen-bond donors (Lipinski definition) is 1. The standard InChI is InChI=1S/C18H22FNO3S2/c1-2-23-16-8-7-14(12-15(16)19)25(21,22)20-13-18(9-3-4-10-18)17-6-5-11-24-17/h5-8,11-12,20H,2-4,9-10,13H2,1H3. The molecule has 25 heavy (non-hydrogen) atoms. The summed E-state index contributed by atoms with van der Waals surface area (Å²) in [6, 6.07) is 7.82. The summed E-state index contributed by atoms with van der Waals surface area (Å²) in [5, 5.41) is 2.02. The van der Waals surface area contributed by atoms with E-state index in [9.17, 15) is 12.8 Å². The molecule has 1 fully saturated rings. The third-order valence-electron chi connectivity index (χ3n) is 4.72. The minimum absolute atomic E-state index is 0.0623. The topological polar surface area (TPSA) is 55.4 Å². The summed E-state index contributed by atoms with van der Waals surface area (Å²) in [6.07, 6.45) is 4.12. The van der Waals surface area contributed by atoms with Crippen molar-refractivity contribution in [3.05, 3.63) is 46.4 Å². The smallest absolute Gasteiger partial charge is 0.240 e. The summed E-state index contributed by atoms with van der Waals surface area (Å²) in [6.45, 7) is 2.41. The van der Waals surface area contributed by atoms with E-state index >= 15 is 0 Å². The molecule has 1 aromatic heterocycles. The Balaban J connectivity index is 1.78. The van der Waals surface area contributed by atoms with Gasteiger partial charge in [0, 0.05) is 16.8 Å². The molecule has 0 aliphatic heterocycles. The van der Waals surface area contributed by atoms with Crippen molar-refractivity contribution in [2.45, 2.75) is 42.9 Å². The van der Waals surface area contributed by atoms with Gasteiger partial charge >= 0.3 is 0 Å². The zero-order valence-corrected chi connectivity index (χ0v) is 15.8. The molecule has 2 aromatic rings. The van der Waals surface area contributed by atoms with Gasteiger partial charge < -0.3 is 4.74 Å². The van der Waals surface area contributed by atoms with Gasteiger partial charge in [-0.25, -0.2) is 17.5 Å². The van der Waals surface area contributed by atoms with Crippen LogP contribution in [0.15, 0.2) is 40.6 Å². The normalized spacial score (nSPS) is 16.9. The van der Waals surface area contributed by atoms with Gasteiger partial charge in [0.1, 0.15) is 0 Å². The van der Waals surface area contributed by atoms with E-state index in [0.717, 1.165) is 31.7 Å². The van der Waals surface area contributed by atoms with E-state index in [2.05, 4.69) is 10.8 Å². The number of hydrogen-bond acceptors (Lipinski definition) is 4. The molecule has 0 bridgehead atoms. The van der Waals surface area contributed by atoms with Gasteiger partial charge in [-0.05, 0) is 49.4 Å². The van der Waals surface area contributed by atoms with Crippen LogP contribution in [0.3, 0.4) is 0 Å². The second kappa shape index (κ2) is 7.43. The Morgan fingerprint density at radius 3 is 2.64 bits per heavy atom. The SMILES string of the molecule is CCOc1ccc(S(=O)(=O)NCC2(c3cccs3)CCCC2)cc1F. The molecular formula is C18H22FNO3S2. The highest BCUT2D eigenvalue weighted by Gasteiger charge is 2.37. The van der Waals surface area contributed by atoms with E-state index in [4.69, 9.17) is 4.74 Å². The quantitative estimate of drug-likeness (QED) is 0.784. The van der Waals surface area contributed by atoms with Gasteiger partial charge in [-0.3, -0.25) is 0 Å². The van der Waals surface area contributed by atoms with E-state index in [-0.39, 0.29) is 16.1 Å². The predicted octanol–water partition coefficient (Wildman–Crippen LogP) is 4.08. The third-order valence-corrected chi connectivity index (χ3v) is 7.23. The van der Waals surface area contributed by atoms with Crippen molar-refractivity contribution in [3.63, 3.8) is 0 Å². The highest BCUT2D eigenvalue weighted by atomic mass is 32.2. The molecule has 0 saturated heterocycles. The molecule has 3 rings (SSSR count). The average Bonchev–Trinajstić information content (AvgIpc) is 3.27. The zero-order chi connectivity index (χ0) is 17.9. The van der Waals surface area contributed by atoms with Crippen LogP contribution in [0.5, 0.6) is 5.75 Å². The van der Waals surface area contributed by atoms with Crippen LogP contribution < -0.4 is 9.46 Å². The van der Waals surface area contributed by atoms with Gasteiger partial charge in [0.25, 0.3) is 0 Å². The lowest BCUT2D eigenvalue weighted by molar-refractivity contribution is 0.321. The first-order chi connectivity index (χ1) is 12.0. The minimum atomic E-state index is -3.77. The maximum absolute atomic E-state index is 14.0. The van der Waals surface area contributed by atoms with E-state index < -0.39 is 15.8 Å². The molecule has 0 atom stereocenters. The monoisotopic (exact) mass is 383 g/mol. The molecule has 4 nitrogen and oxygen atoms in total. The molecule has 0 spiro atoms. The summed E-state index contributed by atoms with van der Waals surface area (Å²) in [4.78, 5) is 1.14. The Hall–Kier alpha value is -1.44. The van der Waals surface area contributed by atoms with Crippen LogP contribution in [-0.4, -0.2) is 21.6 Å². The number of sulfonamides is 1. The van der Waals surface area contributed by atoms with Crippen LogP contribution in [0, 0.1) is 5.82 Å². The van der Waals surface area contributed by atoms with Crippen LogP contribution in [0.2, 0.25) is 0 Å². The second-order valence-electron chi connectivity index (χ2n) is 6.31. The maximum Gasteiger partial charge on any atom is 0.240 e. The highest BCUT2D eigenvalue weighted by molar-refractivity contribution is 7.89. The van der Waals surface area contributed by atoms with Crippen LogP contribution in [0.25, 0.3) is 0 Å². The molecule has 136 valence electrons. The van der Waals surface area contributed by atoms with Crippen molar-refractivity contribution < 1.29 is 17.5 Å². The lowest BCUT2D eigenvalue weighted by Crippen LogP contribution is -2.38. The van der Waals surface area contributed by atoms with Crippen molar-refractivity contribution >= 4 is 21.4 Å². The summed E-state index contributed by atoms with van der Waals surface area (Å²) >= 11 is 1.66. The molecule has 0 unspecified atom stereocenters. The van der Waals surface area contributed by atoms with Gasteiger partial charge in [-0.2, -0.15) is 0 Å². The number of halogens is 1. The predicted molar refractivity (Wildman–Crippen MR) is 97.2 cm³/mol. The lowest BCUT2D eigenvalue weighted by Gasteiger charge is -2.28. The van der Waals surface area contributed by atoms with Gasteiger partial charge in [-0.1, -0.05) is 18.9 Å². The first-order valence-electron chi connectivity index (χ1n) is 8.43. The molecule has 0 amide bonds. The molecule has 7 heteroatoms. The fraction of sp³-hybridized carbons (Fsp3) is 0.444. The molecule has 1 saturated carbocycles. The first-order valence-corrected chi connectivity index (χ1v) is 10.8. The minimum Gasteiger partial charge on any atom is -0.491 e. The van der Waals surface area contributed by atoms with E-state index in [1.165, 1.54) is 17.0 Å². The van der Waals surface area contributed by atoms with Gasteiger partial charge in [0.2, 0.25) is 10.0 Å². The van der Waals surface area contributed by atoms with Crippen LogP contribution in [-0.2, 0) is 15.4 Å². The van der Waals surface area contributed by atoms with Crippen LogP contribution in [0.4, 0.5) is 4.39 Å². The molecular weight excluding hydrogens is 361 g/mol. The third kappa shape index (κ3) is 3.88. The zero-order valence-electron chi connectivity index (χ0n) is 14.1. The largest absolute Gasteiger partial charge is 0.491 e. The van der Waals surface area contributed by atoms with Crippen molar-refractivity contribution in [1.29, 1.82) is 0 Å². The molecule has 1 N–H and O–H groups in total. The summed E-state index contributed by atoms with van der Waals surface area (Å²) in [5.74, 6) is -0.606. The number of nitrogens with one attached hydrogen (secondary N) is 1. The van der Waals surface area contributed by atoms with Gasteiger partial charge in [-0.15, -0.1) is 11.3 Å². The molecule has 1 aliphatic carbocycles. The lowest BCUT2D eigenvalue weighted by atomic mass is 9.85. The summed E-state index contributed by atoms with van der Waals surface area (Å²) in [7, 11) is -3.77. The Labute approximate surface area is 152 Å².